The molecule has 0 atom stereocenters. The molecule has 0 spiro atoms. The van der Waals surface area contributed by atoms with E-state index in [0.717, 1.165) is 33.1 Å². The van der Waals surface area contributed by atoms with Crippen LogP contribution in [0.3, 0.4) is 0 Å². The summed E-state index contributed by atoms with van der Waals surface area (Å²) in [4.78, 5) is 13.2. The summed E-state index contributed by atoms with van der Waals surface area (Å²) in [5, 5.41) is 49.4. The Morgan fingerprint density at radius 2 is 1.43 bits per heavy atom. The topological polar surface area (TPSA) is 237 Å². The molecular weight excluding hydrogens is 701 g/mol. The number of benzene rings is 5. The molecule has 5 aromatic carbocycles. The van der Waals surface area contributed by atoms with Gasteiger partial charge in [0.1, 0.15) is 16.7 Å². The van der Waals surface area contributed by atoms with Crippen LogP contribution >= 0.6 is 12.0 Å². The van der Waals surface area contributed by atoms with Crippen molar-refractivity contribution in [3.63, 3.8) is 0 Å². The predicted molar refractivity (Wildman–Crippen MR) is 188 cm³/mol. The Bertz CT molecular complexity index is 2550. The third-order valence-electron chi connectivity index (χ3n) is 7.93. The van der Waals surface area contributed by atoms with E-state index in [1.807, 2.05) is 52.0 Å². The lowest BCUT2D eigenvalue weighted by Crippen LogP contribution is -2.07. The molecule has 0 saturated carbocycles. The van der Waals surface area contributed by atoms with Gasteiger partial charge in [-0.05, 0) is 111 Å². The van der Waals surface area contributed by atoms with Crippen LogP contribution in [-0.2, 0) is 19.5 Å². The fourth-order valence-electron chi connectivity index (χ4n) is 5.21. The molecule has 1 aromatic heterocycles. The lowest BCUT2D eigenvalue weighted by molar-refractivity contribution is -0.432. The summed E-state index contributed by atoms with van der Waals surface area (Å²) in [5.74, 6) is -1.28. The van der Waals surface area contributed by atoms with E-state index in [1.54, 1.807) is 18.2 Å². The highest BCUT2D eigenvalue weighted by atomic mass is 32.2. The average molecular weight is 729 g/mol. The Hall–Kier alpha value is -5.63. The second-order valence-corrected chi connectivity index (χ2v) is 13.6. The first-order valence-corrected chi connectivity index (χ1v) is 17.1. The van der Waals surface area contributed by atoms with Crippen LogP contribution < -0.4 is 5.73 Å². The van der Waals surface area contributed by atoms with E-state index < -0.39 is 21.0 Å². The zero-order valence-electron chi connectivity index (χ0n) is 27.3. The van der Waals surface area contributed by atoms with Crippen molar-refractivity contribution in [1.29, 1.82) is 0 Å². The lowest BCUT2D eigenvalue weighted by Gasteiger charge is -2.07. The van der Waals surface area contributed by atoms with Crippen molar-refractivity contribution in [2.45, 2.75) is 37.5 Å². The minimum Gasteiger partial charge on any atom is -0.478 e. The number of hydrogen-bond donors (Lipinski definition) is 4. The van der Waals surface area contributed by atoms with Crippen molar-refractivity contribution < 1.29 is 37.5 Å². The number of anilines is 1. The number of aromatic carboxylic acids is 1. The van der Waals surface area contributed by atoms with Gasteiger partial charge < -0.3 is 10.8 Å². The molecule has 0 bridgehead atoms. The molecule has 1 heterocycles. The third-order valence-corrected chi connectivity index (χ3v) is 9.41. The van der Waals surface area contributed by atoms with Crippen LogP contribution in [0.15, 0.2) is 97.0 Å². The van der Waals surface area contributed by atoms with Crippen molar-refractivity contribution in [3.05, 3.63) is 94.5 Å². The highest BCUT2D eigenvalue weighted by Crippen LogP contribution is 2.36. The van der Waals surface area contributed by atoms with E-state index in [2.05, 4.69) is 40.0 Å². The number of fused-ring (bicyclic) bond motifs is 3. The molecule has 6 aromatic rings. The van der Waals surface area contributed by atoms with Crippen molar-refractivity contribution >= 4 is 78.4 Å². The number of nitrogen functional groups attached to an aromatic ring is 1. The number of aromatic nitrogens is 3. The Morgan fingerprint density at radius 1 is 0.804 bits per heavy atom. The second-order valence-electron chi connectivity index (χ2n) is 11.5. The molecule has 0 amide bonds. The molecule has 0 aliphatic rings. The summed E-state index contributed by atoms with van der Waals surface area (Å²) in [6.07, 6.45) is 0. The smallest absolute Gasteiger partial charge is 0.338 e. The average Bonchev–Trinajstić information content (AvgIpc) is 3.53. The Morgan fingerprint density at radius 3 is 2.06 bits per heavy atom. The highest BCUT2D eigenvalue weighted by molar-refractivity contribution is 7.94. The first-order chi connectivity index (χ1) is 24.2. The number of nitrogens with zero attached hydrogens (tertiary/aromatic N) is 7. The fourth-order valence-corrected chi connectivity index (χ4v) is 6.37. The summed E-state index contributed by atoms with van der Waals surface area (Å²) in [6.45, 7) is 7.54. The minimum atomic E-state index is -4.67. The maximum Gasteiger partial charge on any atom is 0.338 e. The quantitative estimate of drug-likeness (QED) is 0.0259. The molecule has 0 radical (unpaired) electrons. The number of carboxylic acids is 1. The molecule has 0 saturated heterocycles. The van der Waals surface area contributed by atoms with Crippen molar-refractivity contribution in [2.75, 3.05) is 5.73 Å². The zero-order chi connectivity index (χ0) is 36.6. The van der Waals surface area contributed by atoms with Gasteiger partial charge in [0.15, 0.2) is 0 Å². The Kier molecular flexibility index (Phi) is 9.62. The highest BCUT2D eigenvalue weighted by Gasteiger charge is 2.20. The number of rotatable bonds is 10. The van der Waals surface area contributed by atoms with E-state index in [0.29, 0.717) is 40.2 Å². The second kappa shape index (κ2) is 13.9. The summed E-state index contributed by atoms with van der Waals surface area (Å²) < 4.78 is 38.2. The molecule has 260 valence electrons. The van der Waals surface area contributed by atoms with Crippen LogP contribution in [0.4, 0.5) is 28.4 Å². The maximum absolute atomic E-state index is 12.4. The molecule has 0 fully saturated rings. The van der Waals surface area contributed by atoms with Crippen molar-refractivity contribution in [2.24, 2.45) is 20.5 Å². The summed E-state index contributed by atoms with van der Waals surface area (Å²) in [5.41, 5.74) is 12.6. The number of aryl methyl sites for hydroxylation is 4. The van der Waals surface area contributed by atoms with E-state index in [9.17, 15) is 22.9 Å². The molecule has 0 aliphatic carbocycles. The van der Waals surface area contributed by atoms with Crippen molar-refractivity contribution in [3.8, 4) is 5.69 Å². The standard InChI is InChI=1S/C33H28N8O8S2/c1-16-10-27(17(2)9-25(16)34)37-38-29-12-18(3)28(11-19(29)4)36-35-20-5-8-30(24(13-20)33(42)43)41-39-26-7-6-22-23(32(26)40-41)14-21(51(45,46)47)15-31(22)50-49-48-44/h5-15,44H,34H2,1-4H3,(H,42,43)(H,45,46,47). The molecule has 16 nitrogen and oxygen atoms in total. The molecule has 51 heavy (non-hydrogen) atoms. The van der Waals surface area contributed by atoms with Gasteiger partial charge in [-0.2, -0.15) is 28.9 Å². The summed E-state index contributed by atoms with van der Waals surface area (Å²) in [7, 11) is -4.67. The fraction of sp³-hybridized carbons (Fsp3) is 0.121. The van der Waals surface area contributed by atoms with Gasteiger partial charge in [-0.3, -0.25) is 4.55 Å². The predicted octanol–water partition coefficient (Wildman–Crippen LogP) is 8.59. The number of hydrogen-bond acceptors (Lipinski definition) is 14. The monoisotopic (exact) mass is 728 g/mol. The lowest BCUT2D eigenvalue weighted by atomic mass is 10.1. The van der Waals surface area contributed by atoms with Crippen LogP contribution in [0.25, 0.3) is 27.5 Å². The number of carboxylic acid groups (broad SMARTS) is 1. The van der Waals surface area contributed by atoms with Crippen LogP contribution in [-0.4, -0.2) is 44.3 Å². The van der Waals surface area contributed by atoms with E-state index in [4.69, 9.17) is 11.0 Å². The molecule has 6 rings (SSSR count). The number of azo groups is 2. The molecular formula is C33H28N8O8S2. The molecule has 0 unspecified atom stereocenters. The van der Waals surface area contributed by atoms with Gasteiger partial charge in [0.25, 0.3) is 10.1 Å². The Balaban J connectivity index is 1.33. The number of nitrogens with two attached hydrogens (primary N) is 1. The molecule has 18 heteroatoms. The molecule has 5 N–H and O–H groups in total. The van der Waals surface area contributed by atoms with Gasteiger partial charge in [0, 0.05) is 21.4 Å². The first kappa shape index (κ1) is 35.2. The largest absolute Gasteiger partial charge is 0.478 e. The zero-order valence-corrected chi connectivity index (χ0v) is 28.9. The molecule has 0 aliphatic heterocycles. The summed E-state index contributed by atoms with van der Waals surface area (Å²) in [6, 6.07) is 17.2. The van der Waals surface area contributed by atoms with Crippen LogP contribution in [0.1, 0.15) is 32.6 Å². The summed E-state index contributed by atoms with van der Waals surface area (Å²) >= 11 is 0.495. The van der Waals surface area contributed by atoms with Gasteiger partial charge >= 0.3 is 5.97 Å². The van der Waals surface area contributed by atoms with E-state index in [-0.39, 0.29) is 38.3 Å². The van der Waals surface area contributed by atoms with Gasteiger partial charge in [0.05, 0.1) is 45.3 Å². The van der Waals surface area contributed by atoms with Gasteiger partial charge in [-0.1, -0.05) is 11.1 Å². The Labute approximate surface area is 294 Å². The van der Waals surface area contributed by atoms with E-state index in [1.165, 1.54) is 18.2 Å². The first-order valence-electron chi connectivity index (χ1n) is 14.9. The number of carbonyl (C=O) groups is 1. The van der Waals surface area contributed by atoms with E-state index >= 15 is 0 Å². The maximum atomic E-state index is 12.4. The van der Waals surface area contributed by atoms with Gasteiger partial charge in [0.2, 0.25) is 0 Å². The van der Waals surface area contributed by atoms with Crippen LogP contribution in [0, 0.1) is 27.7 Å². The normalized spacial score (nSPS) is 12.2. The van der Waals surface area contributed by atoms with Crippen LogP contribution in [0.2, 0.25) is 0 Å². The van der Waals surface area contributed by atoms with Crippen LogP contribution in [0.5, 0.6) is 0 Å². The minimum absolute atomic E-state index is 0.0941. The SMILES string of the molecule is Cc1cc(N=Nc2cc(C)c(N=Nc3ccc(-n4nc5ccc6c(SOOO)cc(S(=O)(=O)O)cc6c5n4)c(C(=O)O)c3)cc2C)c(C)cc1N. The van der Waals surface area contributed by atoms with Gasteiger partial charge in [-0.15, -0.1) is 19.3 Å². The van der Waals surface area contributed by atoms with Gasteiger partial charge in [-0.25, -0.2) is 10.1 Å². The van der Waals surface area contributed by atoms with Crippen molar-refractivity contribution in [1.82, 2.24) is 15.0 Å². The third kappa shape index (κ3) is 7.31.